The van der Waals surface area contributed by atoms with E-state index in [9.17, 15) is 5.11 Å². The molecule has 1 atom stereocenters. The second kappa shape index (κ2) is 6.32. The second-order valence-electron chi connectivity index (χ2n) is 5.05. The molecule has 1 unspecified atom stereocenters. The van der Waals surface area contributed by atoms with Crippen LogP contribution in [0.25, 0.3) is 0 Å². The maximum Gasteiger partial charge on any atom is 0.221 e. The first-order valence-electron chi connectivity index (χ1n) is 6.34. The van der Waals surface area contributed by atoms with Crippen molar-refractivity contribution in [1.82, 2.24) is 0 Å². The lowest BCUT2D eigenvalue weighted by molar-refractivity contribution is -0.264. The second-order valence-corrected chi connectivity index (χ2v) is 5.05. The van der Waals surface area contributed by atoms with E-state index >= 15 is 0 Å². The molecule has 0 radical (unpaired) electrons. The van der Waals surface area contributed by atoms with Crippen LogP contribution in [0, 0.1) is 5.92 Å². The van der Waals surface area contributed by atoms with Gasteiger partial charge in [0.05, 0.1) is 0 Å². The zero-order valence-corrected chi connectivity index (χ0v) is 11.9. The van der Waals surface area contributed by atoms with Gasteiger partial charge in [0.1, 0.15) is 6.10 Å². The molecule has 0 aliphatic carbocycles. The molecule has 0 spiro atoms. The third kappa shape index (κ3) is 3.10. The SMILES string of the molecule is COC(OC)(c1ccc(CC(C)C)cc1)C(C)O. The van der Waals surface area contributed by atoms with Crippen LogP contribution < -0.4 is 0 Å². The van der Waals surface area contributed by atoms with Gasteiger partial charge in [-0.3, -0.25) is 0 Å². The van der Waals surface area contributed by atoms with Gasteiger partial charge in [-0.2, -0.15) is 0 Å². The van der Waals surface area contributed by atoms with E-state index < -0.39 is 11.9 Å². The van der Waals surface area contributed by atoms with Crippen molar-refractivity contribution in [2.45, 2.75) is 39.1 Å². The summed E-state index contributed by atoms with van der Waals surface area (Å²) in [6.45, 7) is 6.05. The van der Waals surface area contributed by atoms with Gasteiger partial charge in [0.15, 0.2) is 0 Å². The molecule has 0 fully saturated rings. The summed E-state index contributed by atoms with van der Waals surface area (Å²) in [6, 6.07) is 8.03. The van der Waals surface area contributed by atoms with Gasteiger partial charge >= 0.3 is 0 Å². The predicted molar refractivity (Wildman–Crippen MR) is 72.4 cm³/mol. The van der Waals surface area contributed by atoms with Crippen molar-refractivity contribution < 1.29 is 14.6 Å². The van der Waals surface area contributed by atoms with E-state index in [0.717, 1.165) is 12.0 Å². The number of hydrogen-bond acceptors (Lipinski definition) is 3. The Bertz CT molecular complexity index is 351. The van der Waals surface area contributed by atoms with Crippen LogP contribution in [0.15, 0.2) is 24.3 Å². The maximum absolute atomic E-state index is 9.88. The number of aliphatic hydroxyl groups excluding tert-OH is 1. The van der Waals surface area contributed by atoms with Gasteiger partial charge in [0.25, 0.3) is 0 Å². The van der Waals surface area contributed by atoms with Crippen LogP contribution in [0.1, 0.15) is 31.9 Å². The van der Waals surface area contributed by atoms with Gasteiger partial charge in [0.2, 0.25) is 5.79 Å². The van der Waals surface area contributed by atoms with Crippen LogP contribution in [0.3, 0.4) is 0 Å². The van der Waals surface area contributed by atoms with E-state index in [0.29, 0.717) is 5.92 Å². The Morgan fingerprint density at radius 3 is 1.89 bits per heavy atom. The molecule has 102 valence electrons. The largest absolute Gasteiger partial charge is 0.387 e. The van der Waals surface area contributed by atoms with Crippen LogP contribution >= 0.6 is 0 Å². The third-order valence-corrected chi connectivity index (χ3v) is 3.16. The summed E-state index contributed by atoms with van der Waals surface area (Å²) >= 11 is 0. The highest BCUT2D eigenvalue weighted by atomic mass is 16.7. The minimum Gasteiger partial charge on any atom is -0.387 e. The van der Waals surface area contributed by atoms with Gasteiger partial charge in [-0.15, -0.1) is 0 Å². The molecule has 0 heterocycles. The van der Waals surface area contributed by atoms with Crippen LogP contribution in [0.5, 0.6) is 0 Å². The summed E-state index contributed by atoms with van der Waals surface area (Å²) in [5.74, 6) is -0.460. The standard InChI is InChI=1S/C15H24O3/c1-11(2)10-13-6-8-14(9-7-13)15(17-4,18-5)12(3)16/h6-9,11-12,16H,10H2,1-5H3. The Labute approximate surface area is 110 Å². The molecule has 1 N–H and O–H groups in total. The third-order valence-electron chi connectivity index (χ3n) is 3.16. The molecule has 0 amide bonds. The topological polar surface area (TPSA) is 38.7 Å². The van der Waals surface area contributed by atoms with Crippen molar-refractivity contribution in [1.29, 1.82) is 0 Å². The van der Waals surface area contributed by atoms with Crippen molar-refractivity contribution in [3.63, 3.8) is 0 Å². The van der Waals surface area contributed by atoms with Crippen molar-refractivity contribution in [2.75, 3.05) is 14.2 Å². The lowest BCUT2D eigenvalue weighted by Gasteiger charge is -2.34. The normalized spacial score (nSPS) is 13.9. The van der Waals surface area contributed by atoms with Crippen LogP contribution in [0.4, 0.5) is 0 Å². The summed E-state index contributed by atoms with van der Waals surface area (Å²) in [5.41, 5.74) is 2.11. The summed E-state index contributed by atoms with van der Waals surface area (Å²) in [5, 5.41) is 9.88. The highest BCUT2D eigenvalue weighted by molar-refractivity contribution is 5.27. The zero-order valence-electron chi connectivity index (χ0n) is 11.9. The summed E-state index contributed by atoms with van der Waals surface area (Å²) in [4.78, 5) is 0. The minimum absolute atomic E-state index is 0.627. The number of methoxy groups -OCH3 is 2. The molecule has 0 aliphatic rings. The summed E-state index contributed by atoms with van der Waals surface area (Å²) in [7, 11) is 3.08. The molecular weight excluding hydrogens is 228 g/mol. The number of ether oxygens (including phenoxy) is 2. The van der Waals surface area contributed by atoms with Gasteiger partial charge < -0.3 is 14.6 Å². The zero-order chi connectivity index (χ0) is 13.8. The van der Waals surface area contributed by atoms with E-state index in [2.05, 4.69) is 26.0 Å². The Kier molecular flexibility index (Phi) is 5.32. The van der Waals surface area contributed by atoms with E-state index in [1.165, 1.54) is 19.8 Å². The summed E-state index contributed by atoms with van der Waals surface area (Å²) < 4.78 is 10.8. The fourth-order valence-corrected chi connectivity index (χ4v) is 2.25. The average molecular weight is 252 g/mol. The molecule has 18 heavy (non-hydrogen) atoms. The summed E-state index contributed by atoms with van der Waals surface area (Å²) in [6.07, 6.45) is 0.297. The molecule has 1 rings (SSSR count). The fourth-order valence-electron chi connectivity index (χ4n) is 2.25. The van der Waals surface area contributed by atoms with Crippen LogP contribution in [0.2, 0.25) is 0 Å². The van der Waals surface area contributed by atoms with Crippen molar-refractivity contribution >= 4 is 0 Å². The minimum atomic E-state index is -1.09. The number of benzene rings is 1. The fraction of sp³-hybridized carbons (Fsp3) is 0.600. The molecule has 0 saturated heterocycles. The molecule has 1 aromatic carbocycles. The van der Waals surface area contributed by atoms with Gasteiger partial charge in [-0.1, -0.05) is 38.1 Å². The molecule has 3 heteroatoms. The van der Waals surface area contributed by atoms with Crippen molar-refractivity contribution in [3.05, 3.63) is 35.4 Å². The van der Waals surface area contributed by atoms with E-state index in [1.54, 1.807) is 6.92 Å². The number of rotatable bonds is 6. The molecule has 1 aromatic rings. The van der Waals surface area contributed by atoms with Crippen molar-refractivity contribution in [3.8, 4) is 0 Å². The molecular formula is C15H24O3. The average Bonchev–Trinajstić information content (AvgIpc) is 2.32. The number of hydrogen-bond donors (Lipinski definition) is 1. The van der Waals surface area contributed by atoms with E-state index in [1.807, 2.05) is 12.1 Å². The van der Waals surface area contributed by atoms with Crippen molar-refractivity contribution in [2.24, 2.45) is 5.92 Å². The maximum atomic E-state index is 9.88. The molecule has 0 aliphatic heterocycles. The number of aliphatic hydroxyl groups is 1. The highest BCUT2D eigenvalue weighted by Gasteiger charge is 2.37. The lowest BCUT2D eigenvalue weighted by Crippen LogP contribution is -2.41. The smallest absolute Gasteiger partial charge is 0.221 e. The van der Waals surface area contributed by atoms with Crippen LogP contribution in [-0.2, 0) is 21.7 Å². The van der Waals surface area contributed by atoms with Gasteiger partial charge in [-0.05, 0) is 24.8 Å². The first-order chi connectivity index (χ1) is 8.46. The Hall–Kier alpha value is -0.900. The lowest BCUT2D eigenvalue weighted by atomic mass is 9.96. The molecule has 0 aromatic heterocycles. The Balaban J connectivity index is 3.01. The molecule has 0 bridgehead atoms. The van der Waals surface area contributed by atoms with E-state index in [-0.39, 0.29) is 0 Å². The highest BCUT2D eigenvalue weighted by Crippen LogP contribution is 2.30. The predicted octanol–water partition coefficient (Wildman–Crippen LogP) is 2.71. The quantitative estimate of drug-likeness (QED) is 0.791. The van der Waals surface area contributed by atoms with Crippen LogP contribution in [-0.4, -0.2) is 25.4 Å². The Morgan fingerprint density at radius 1 is 1.06 bits per heavy atom. The van der Waals surface area contributed by atoms with E-state index in [4.69, 9.17) is 9.47 Å². The molecule has 0 saturated carbocycles. The van der Waals surface area contributed by atoms with Gasteiger partial charge in [-0.25, -0.2) is 0 Å². The Morgan fingerprint density at radius 2 is 1.56 bits per heavy atom. The first-order valence-corrected chi connectivity index (χ1v) is 6.34. The molecule has 3 nitrogen and oxygen atoms in total. The van der Waals surface area contributed by atoms with Gasteiger partial charge in [0, 0.05) is 19.8 Å². The first kappa shape index (κ1) is 15.2. The monoisotopic (exact) mass is 252 g/mol.